The van der Waals surface area contributed by atoms with Gasteiger partial charge in [0.05, 0.1) is 17.3 Å². The van der Waals surface area contributed by atoms with Crippen LogP contribution in [-0.2, 0) is 0 Å². The number of rotatable bonds is 5. The zero-order valence-electron chi connectivity index (χ0n) is 17.8. The molecule has 0 aliphatic carbocycles. The van der Waals surface area contributed by atoms with Crippen LogP contribution in [0.1, 0.15) is 32.9 Å². The molecule has 1 amide bonds. The van der Waals surface area contributed by atoms with Gasteiger partial charge in [-0.3, -0.25) is 4.79 Å². The molecule has 8 nitrogen and oxygen atoms in total. The predicted octanol–water partition coefficient (Wildman–Crippen LogP) is 4.50. The summed E-state index contributed by atoms with van der Waals surface area (Å²) in [5, 5.41) is 24.6. The number of carbonyl (C=O) groups is 1. The molecular weight excluding hydrogens is 404 g/mol. The SMILES string of the molecule is Cc1nn(-c2ccc(Oc3ccc(NC(=O)c4cccc(C#N)c4)cc3)nn2)c(C)c1C. The van der Waals surface area contributed by atoms with E-state index in [4.69, 9.17) is 10.00 Å². The van der Waals surface area contributed by atoms with Crippen molar-refractivity contribution < 1.29 is 9.53 Å². The fraction of sp³-hybridized carbons (Fsp3) is 0.125. The molecule has 1 N–H and O–H groups in total. The average Bonchev–Trinajstić information content (AvgIpc) is 3.08. The van der Waals surface area contributed by atoms with Crippen LogP contribution in [0.2, 0.25) is 0 Å². The first-order valence-corrected chi connectivity index (χ1v) is 9.91. The molecule has 0 saturated heterocycles. The summed E-state index contributed by atoms with van der Waals surface area (Å²) in [6.45, 7) is 5.97. The minimum Gasteiger partial charge on any atom is -0.438 e. The third-order valence-corrected chi connectivity index (χ3v) is 5.08. The Kier molecular flexibility index (Phi) is 5.64. The van der Waals surface area contributed by atoms with Gasteiger partial charge in [0, 0.05) is 23.0 Å². The number of benzene rings is 2. The summed E-state index contributed by atoms with van der Waals surface area (Å²) in [5.41, 5.74) is 4.54. The quantitative estimate of drug-likeness (QED) is 0.505. The standard InChI is InChI=1S/C24H20N6O2/c1-15-16(2)29-30(17(15)3)22-11-12-23(28-27-22)32-21-9-7-20(8-10-21)26-24(31)19-6-4-5-18(13-19)14-25/h4-13H,1-3H3,(H,26,31). The van der Waals surface area contributed by atoms with Gasteiger partial charge in [-0.2, -0.15) is 10.4 Å². The van der Waals surface area contributed by atoms with Crippen molar-refractivity contribution in [1.29, 1.82) is 5.26 Å². The Bertz CT molecular complexity index is 1320. The van der Waals surface area contributed by atoms with E-state index in [-0.39, 0.29) is 5.91 Å². The maximum absolute atomic E-state index is 12.4. The van der Waals surface area contributed by atoms with Crippen LogP contribution in [-0.4, -0.2) is 25.9 Å². The molecule has 2 aromatic heterocycles. The number of ether oxygens (including phenoxy) is 1. The Balaban J connectivity index is 1.42. The van der Waals surface area contributed by atoms with Gasteiger partial charge in [0.15, 0.2) is 5.82 Å². The molecule has 0 saturated carbocycles. The highest BCUT2D eigenvalue weighted by atomic mass is 16.5. The van der Waals surface area contributed by atoms with Gasteiger partial charge in [-0.25, -0.2) is 4.68 Å². The van der Waals surface area contributed by atoms with Gasteiger partial charge in [-0.15, -0.1) is 10.2 Å². The molecule has 32 heavy (non-hydrogen) atoms. The van der Waals surface area contributed by atoms with Gasteiger partial charge < -0.3 is 10.1 Å². The van der Waals surface area contributed by atoms with Gasteiger partial charge in [-0.05, 0) is 74.9 Å². The molecule has 0 spiro atoms. The zero-order chi connectivity index (χ0) is 22.7. The van der Waals surface area contributed by atoms with Crippen molar-refractivity contribution in [2.24, 2.45) is 0 Å². The first-order chi connectivity index (χ1) is 15.4. The van der Waals surface area contributed by atoms with Crippen LogP contribution in [0.4, 0.5) is 5.69 Å². The van der Waals surface area contributed by atoms with Gasteiger partial charge in [-0.1, -0.05) is 6.07 Å². The van der Waals surface area contributed by atoms with Crippen LogP contribution in [0.3, 0.4) is 0 Å². The summed E-state index contributed by atoms with van der Waals surface area (Å²) >= 11 is 0. The molecule has 2 heterocycles. The third kappa shape index (κ3) is 4.32. The smallest absolute Gasteiger partial charge is 0.255 e. The fourth-order valence-corrected chi connectivity index (χ4v) is 3.08. The van der Waals surface area contributed by atoms with E-state index >= 15 is 0 Å². The van der Waals surface area contributed by atoms with E-state index in [9.17, 15) is 4.79 Å². The summed E-state index contributed by atoms with van der Waals surface area (Å²) in [7, 11) is 0. The number of nitrogens with one attached hydrogen (secondary N) is 1. The van der Waals surface area contributed by atoms with Gasteiger partial charge in [0.1, 0.15) is 5.75 Å². The Hall–Kier alpha value is -4.51. The Morgan fingerprint density at radius 3 is 2.44 bits per heavy atom. The fourth-order valence-electron chi connectivity index (χ4n) is 3.08. The highest BCUT2D eigenvalue weighted by Gasteiger charge is 2.11. The summed E-state index contributed by atoms with van der Waals surface area (Å²) in [5.74, 6) is 1.22. The number of nitrogens with zero attached hydrogens (tertiary/aromatic N) is 5. The highest BCUT2D eigenvalue weighted by molar-refractivity contribution is 6.04. The summed E-state index contributed by atoms with van der Waals surface area (Å²) in [6, 6.07) is 19.0. The van der Waals surface area contributed by atoms with Crippen LogP contribution in [0.5, 0.6) is 11.6 Å². The second-order valence-electron chi connectivity index (χ2n) is 7.21. The number of nitriles is 1. The number of anilines is 1. The van der Waals surface area contributed by atoms with Crippen LogP contribution in [0, 0.1) is 32.1 Å². The van der Waals surface area contributed by atoms with E-state index < -0.39 is 0 Å². The molecule has 2 aromatic carbocycles. The number of aromatic nitrogens is 4. The number of aryl methyl sites for hydroxylation is 1. The Morgan fingerprint density at radius 2 is 1.81 bits per heavy atom. The number of amides is 1. The molecule has 0 unspecified atom stereocenters. The first-order valence-electron chi connectivity index (χ1n) is 9.91. The normalized spacial score (nSPS) is 10.4. The Labute approximate surface area is 185 Å². The molecule has 0 aliphatic rings. The summed E-state index contributed by atoms with van der Waals surface area (Å²) in [6.07, 6.45) is 0. The molecule has 4 rings (SSSR count). The lowest BCUT2D eigenvalue weighted by atomic mass is 10.1. The molecule has 4 aromatic rings. The monoisotopic (exact) mass is 424 g/mol. The van der Waals surface area contributed by atoms with Crippen LogP contribution in [0.15, 0.2) is 60.7 Å². The van der Waals surface area contributed by atoms with E-state index in [1.54, 1.807) is 65.3 Å². The highest BCUT2D eigenvalue weighted by Crippen LogP contribution is 2.22. The second kappa shape index (κ2) is 8.70. The predicted molar refractivity (Wildman–Crippen MR) is 119 cm³/mol. The molecule has 0 atom stereocenters. The second-order valence-corrected chi connectivity index (χ2v) is 7.21. The maximum atomic E-state index is 12.4. The van der Waals surface area contributed by atoms with Crippen molar-refractivity contribution in [1.82, 2.24) is 20.0 Å². The van der Waals surface area contributed by atoms with Crippen molar-refractivity contribution in [2.45, 2.75) is 20.8 Å². The van der Waals surface area contributed by atoms with Crippen molar-refractivity contribution in [3.05, 3.63) is 88.7 Å². The minimum absolute atomic E-state index is 0.295. The van der Waals surface area contributed by atoms with Crippen molar-refractivity contribution in [3.63, 3.8) is 0 Å². The number of hydrogen-bond donors (Lipinski definition) is 1. The van der Waals surface area contributed by atoms with E-state index in [0.29, 0.717) is 34.3 Å². The summed E-state index contributed by atoms with van der Waals surface area (Å²) in [4.78, 5) is 12.4. The van der Waals surface area contributed by atoms with Crippen LogP contribution >= 0.6 is 0 Å². The largest absolute Gasteiger partial charge is 0.438 e. The molecule has 0 fully saturated rings. The average molecular weight is 424 g/mol. The van der Waals surface area contributed by atoms with Gasteiger partial charge >= 0.3 is 0 Å². The van der Waals surface area contributed by atoms with E-state index in [2.05, 4.69) is 20.6 Å². The van der Waals surface area contributed by atoms with Crippen molar-refractivity contribution in [2.75, 3.05) is 5.32 Å². The van der Waals surface area contributed by atoms with Gasteiger partial charge in [0.2, 0.25) is 5.88 Å². The molecule has 0 bridgehead atoms. The first kappa shape index (κ1) is 20.8. The van der Waals surface area contributed by atoms with Gasteiger partial charge in [0.25, 0.3) is 5.91 Å². The summed E-state index contributed by atoms with van der Waals surface area (Å²) < 4.78 is 7.51. The lowest BCUT2D eigenvalue weighted by Crippen LogP contribution is -2.11. The molecule has 0 aliphatic heterocycles. The number of carbonyl (C=O) groups excluding carboxylic acids is 1. The molecule has 0 radical (unpaired) electrons. The van der Waals surface area contributed by atoms with Crippen LogP contribution < -0.4 is 10.1 Å². The lowest BCUT2D eigenvalue weighted by Gasteiger charge is -2.08. The van der Waals surface area contributed by atoms with Crippen molar-refractivity contribution in [3.8, 4) is 23.5 Å². The Morgan fingerprint density at radius 1 is 1.03 bits per heavy atom. The van der Waals surface area contributed by atoms with E-state index in [1.165, 1.54) is 0 Å². The van der Waals surface area contributed by atoms with Crippen molar-refractivity contribution >= 4 is 11.6 Å². The topological polar surface area (TPSA) is 106 Å². The molecule has 8 heteroatoms. The zero-order valence-corrected chi connectivity index (χ0v) is 17.8. The third-order valence-electron chi connectivity index (χ3n) is 5.08. The minimum atomic E-state index is -0.295. The lowest BCUT2D eigenvalue weighted by molar-refractivity contribution is 0.102. The number of hydrogen-bond acceptors (Lipinski definition) is 6. The van der Waals surface area contributed by atoms with Crippen LogP contribution in [0.25, 0.3) is 5.82 Å². The molecule has 158 valence electrons. The maximum Gasteiger partial charge on any atom is 0.255 e. The van der Waals surface area contributed by atoms with E-state index in [0.717, 1.165) is 17.0 Å². The molecular formula is C24H20N6O2. The van der Waals surface area contributed by atoms with E-state index in [1.807, 2.05) is 26.8 Å².